The highest BCUT2D eigenvalue weighted by atomic mass is 19.1. The van der Waals surface area contributed by atoms with Gasteiger partial charge in [0.25, 0.3) is 5.69 Å². The summed E-state index contributed by atoms with van der Waals surface area (Å²) in [5.41, 5.74) is 0.478. The van der Waals surface area contributed by atoms with Crippen molar-refractivity contribution in [2.24, 2.45) is 0 Å². The van der Waals surface area contributed by atoms with E-state index in [4.69, 9.17) is 10.00 Å². The lowest BCUT2D eigenvalue weighted by atomic mass is 10.2. The third kappa shape index (κ3) is 2.72. The third-order valence-corrected chi connectivity index (χ3v) is 2.65. The Morgan fingerprint density at radius 2 is 2.05 bits per heavy atom. The molecule has 0 radical (unpaired) electrons. The number of benzene rings is 2. The van der Waals surface area contributed by atoms with Crippen LogP contribution in [0.1, 0.15) is 11.1 Å². The fourth-order valence-corrected chi connectivity index (χ4v) is 1.70. The quantitative estimate of drug-likeness (QED) is 0.630. The first-order valence-electron chi connectivity index (χ1n) is 5.64. The number of ether oxygens (including phenoxy) is 1. The van der Waals surface area contributed by atoms with E-state index in [9.17, 15) is 14.5 Å². The SMILES string of the molecule is Cc1cc(Oc2ccc(F)cc2C#N)ccc1[N+](=O)[O-]. The zero-order valence-corrected chi connectivity index (χ0v) is 10.5. The second-order valence-electron chi connectivity index (χ2n) is 4.06. The number of nitro benzene ring substituents is 1. The number of hydrogen-bond donors (Lipinski definition) is 0. The number of nitrogens with zero attached hydrogens (tertiary/aromatic N) is 2. The summed E-state index contributed by atoms with van der Waals surface area (Å²) in [5, 5.41) is 19.6. The summed E-state index contributed by atoms with van der Waals surface area (Å²) in [7, 11) is 0. The topological polar surface area (TPSA) is 76.2 Å². The van der Waals surface area contributed by atoms with Gasteiger partial charge in [0.05, 0.1) is 10.5 Å². The van der Waals surface area contributed by atoms with Crippen LogP contribution in [0.2, 0.25) is 0 Å². The second-order valence-corrected chi connectivity index (χ2v) is 4.06. The van der Waals surface area contributed by atoms with Crippen molar-refractivity contribution in [1.29, 1.82) is 5.26 Å². The number of aryl methyl sites for hydroxylation is 1. The molecule has 0 unspecified atom stereocenters. The Balaban J connectivity index is 2.34. The van der Waals surface area contributed by atoms with E-state index in [1.54, 1.807) is 6.92 Å². The van der Waals surface area contributed by atoms with E-state index in [1.165, 1.54) is 30.3 Å². The van der Waals surface area contributed by atoms with Gasteiger partial charge >= 0.3 is 0 Å². The fourth-order valence-electron chi connectivity index (χ4n) is 1.70. The minimum Gasteiger partial charge on any atom is -0.456 e. The van der Waals surface area contributed by atoms with E-state index in [2.05, 4.69) is 0 Å². The summed E-state index contributed by atoms with van der Waals surface area (Å²) < 4.78 is 18.5. The average molecular weight is 272 g/mol. The van der Waals surface area contributed by atoms with Gasteiger partial charge in [-0.3, -0.25) is 10.1 Å². The molecular formula is C14H9FN2O3. The van der Waals surface area contributed by atoms with Crippen molar-refractivity contribution in [2.45, 2.75) is 6.92 Å². The molecule has 0 bridgehead atoms. The first-order valence-corrected chi connectivity index (χ1v) is 5.64. The summed E-state index contributed by atoms with van der Waals surface area (Å²) in [4.78, 5) is 10.2. The first-order chi connectivity index (χ1) is 9.51. The summed E-state index contributed by atoms with van der Waals surface area (Å²) in [6.45, 7) is 1.58. The molecule has 0 aliphatic rings. The van der Waals surface area contributed by atoms with Gasteiger partial charge in [0.1, 0.15) is 23.4 Å². The molecule has 2 aromatic carbocycles. The molecule has 0 spiro atoms. The molecule has 0 aliphatic heterocycles. The van der Waals surface area contributed by atoms with E-state index >= 15 is 0 Å². The highest BCUT2D eigenvalue weighted by Crippen LogP contribution is 2.29. The maximum Gasteiger partial charge on any atom is 0.272 e. The average Bonchev–Trinajstić information content (AvgIpc) is 2.40. The van der Waals surface area contributed by atoms with Crippen LogP contribution in [0, 0.1) is 34.2 Å². The lowest BCUT2D eigenvalue weighted by Gasteiger charge is -2.08. The van der Waals surface area contributed by atoms with Crippen LogP contribution < -0.4 is 4.74 Å². The van der Waals surface area contributed by atoms with Crippen molar-refractivity contribution in [3.05, 3.63) is 63.5 Å². The molecule has 100 valence electrons. The Morgan fingerprint density at radius 3 is 2.65 bits per heavy atom. The Morgan fingerprint density at radius 1 is 1.30 bits per heavy atom. The van der Waals surface area contributed by atoms with Gasteiger partial charge in [-0.15, -0.1) is 0 Å². The van der Waals surface area contributed by atoms with Crippen molar-refractivity contribution >= 4 is 5.69 Å². The van der Waals surface area contributed by atoms with Gasteiger partial charge in [-0.25, -0.2) is 4.39 Å². The van der Waals surface area contributed by atoms with Gasteiger partial charge in [-0.2, -0.15) is 5.26 Å². The molecule has 0 N–H and O–H groups in total. The van der Waals surface area contributed by atoms with Crippen LogP contribution in [0.3, 0.4) is 0 Å². The van der Waals surface area contributed by atoms with Crippen molar-refractivity contribution in [3.8, 4) is 17.6 Å². The minimum absolute atomic E-state index is 0.0167. The number of nitro groups is 1. The van der Waals surface area contributed by atoms with Crippen LogP contribution in [0.25, 0.3) is 0 Å². The maximum absolute atomic E-state index is 13.0. The zero-order chi connectivity index (χ0) is 14.7. The number of hydrogen-bond acceptors (Lipinski definition) is 4. The van der Waals surface area contributed by atoms with Gasteiger partial charge in [0.2, 0.25) is 0 Å². The molecule has 6 heteroatoms. The summed E-state index contributed by atoms with van der Waals surface area (Å²) >= 11 is 0. The standard InChI is InChI=1S/C14H9FN2O3/c1-9-6-12(3-4-13(9)17(18)19)20-14-5-2-11(15)7-10(14)8-16/h2-7H,1H3. The van der Waals surface area contributed by atoms with Crippen LogP contribution in [0.15, 0.2) is 36.4 Å². The molecule has 0 saturated carbocycles. The smallest absolute Gasteiger partial charge is 0.272 e. The van der Waals surface area contributed by atoms with Crippen LogP contribution >= 0.6 is 0 Å². The Hall–Kier alpha value is -2.94. The van der Waals surface area contributed by atoms with E-state index in [0.29, 0.717) is 11.3 Å². The maximum atomic E-state index is 13.0. The van der Waals surface area contributed by atoms with Crippen LogP contribution in [0.5, 0.6) is 11.5 Å². The van der Waals surface area contributed by atoms with Gasteiger partial charge < -0.3 is 4.74 Å². The van der Waals surface area contributed by atoms with Gasteiger partial charge in [-0.1, -0.05) is 0 Å². The summed E-state index contributed by atoms with van der Waals surface area (Å²) in [5.74, 6) is 0.00661. The largest absolute Gasteiger partial charge is 0.456 e. The molecule has 0 saturated heterocycles. The molecule has 20 heavy (non-hydrogen) atoms. The highest BCUT2D eigenvalue weighted by Gasteiger charge is 2.12. The van der Waals surface area contributed by atoms with Crippen molar-refractivity contribution < 1.29 is 14.1 Å². The first kappa shape index (κ1) is 13.5. The van der Waals surface area contributed by atoms with Gasteiger partial charge in [-0.05, 0) is 37.3 Å². The number of rotatable bonds is 3. The number of halogens is 1. The van der Waals surface area contributed by atoms with Crippen molar-refractivity contribution in [1.82, 2.24) is 0 Å². The van der Waals surface area contributed by atoms with E-state index in [0.717, 1.165) is 6.07 Å². The van der Waals surface area contributed by atoms with Crippen LogP contribution in [0.4, 0.5) is 10.1 Å². The summed E-state index contributed by atoms with van der Waals surface area (Å²) in [6.07, 6.45) is 0. The lowest BCUT2D eigenvalue weighted by Crippen LogP contribution is -1.93. The normalized spacial score (nSPS) is 9.85. The molecule has 0 atom stereocenters. The van der Waals surface area contributed by atoms with Crippen LogP contribution in [-0.2, 0) is 0 Å². The van der Waals surface area contributed by atoms with E-state index in [1.807, 2.05) is 6.07 Å². The van der Waals surface area contributed by atoms with E-state index < -0.39 is 10.7 Å². The second kappa shape index (κ2) is 5.36. The van der Waals surface area contributed by atoms with E-state index in [-0.39, 0.29) is 17.0 Å². The predicted octanol–water partition coefficient (Wildman–Crippen LogP) is 3.71. The predicted molar refractivity (Wildman–Crippen MR) is 69.0 cm³/mol. The fraction of sp³-hybridized carbons (Fsp3) is 0.0714. The molecule has 2 aromatic rings. The summed E-state index contributed by atoms with van der Waals surface area (Å²) in [6, 6.07) is 9.64. The molecular weight excluding hydrogens is 263 g/mol. The van der Waals surface area contributed by atoms with Crippen molar-refractivity contribution in [2.75, 3.05) is 0 Å². The molecule has 0 amide bonds. The Bertz CT molecular complexity index is 723. The van der Waals surface area contributed by atoms with Crippen molar-refractivity contribution in [3.63, 3.8) is 0 Å². The lowest BCUT2D eigenvalue weighted by molar-refractivity contribution is -0.385. The molecule has 5 nitrogen and oxygen atoms in total. The third-order valence-electron chi connectivity index (χ3n) is 2.65. The minimum atomic E-state index is -0.534. The Labute approximate surface area is 114 Å². The van der Waals surface area contributed by atoms with Gasteiger partial charge in [0, 0.05) is 11.6 Å². The zero-order valence-electron chi connectivity index (χ0n) is 10.5. The molecule has 0 aliphatic carbocycles. The van der Waals surface area contributed by atoms with Crippen LogP contribution in [-0.4, -0.2) is 4.92 Å². The number of nitriles is 1. The van der Waals surface area contributed by atoms with Gasteiger partial charge in [0.15, 0.2) is 0 Å². The molecule has 0 fully saturated rings. The molecule has 2 rings (SSSR count). The molecule has 0 heterocycles. The molecule has 0 aromatic heterocycles. The Kier molecular flexibility index (Phi) is 3.62. The highest BCUT2D eigenvalue weighted by molar-refractivity contribution is 5.48. The monoisotopic (exact) mass is 272 g/mol.